The molecule has 0 spiro atoms. The third kappa shape index (κ3) is 4.11. The van der Waals surface area contributed by atoms with E-state index >= 15 is 0 Å². The fourth-order valence-corrected chi connectivity index (χ4v) is 3.52. The number of phenols is 1. The van der Waals surface area contributed by atoms with Gasteiger partial charge in [0.25, 0.3) is 0 Å². The molecule has 22 heavy (non-hydrogen) atoms. The van der Waals surface area contributed by atoms with Crippen molar-refractivity contribution >= 4 is 0 Å². The van der Waals surface area contributed by atoms with E-state index in [1.165, 1.54) is 36.8 Å². The molecule has 0 bridgehead atoms. The molecule has 2 nitrogen and oxygen atoms in total. The lowest BCUT2D eigenvalue weighted by Gasteiger charge is -2.30. The van der Waals surface area contributed by atoms with Crippen molar-refractivity contribution < 1.29 is 5.11 Å². The van der Waals surface area contributed by atoms with Crippen LogP contribution in [0, 0.1) is 0 Å². The van der Waals surface area contributed by atoms with E-state index in [2.05, 4.69) is 41.7 Å². The minimum atomic E-state index is 0.386. The zero-order chi connectivity index (χ0) is 15.2. The Hall–Kier alpha value is -1.80. The van der Waals surface area contributed by atoms with Crippen LogP contribution in [0.3, 0.4) is 0 Å². The minimum absolute atomic E-state index is 0.386. The number of hydrogen-bond donors (Lipinski definition) is 2. The van der Waals surface area contributed by atoms with Gasteiger partial charge in [-0.1, -0.05) is 48.9 Å². The fourth-order valence-electron chi connectivity index (χ4n) is 3.52. The van der Waals surface area contributed by atoms with Crippen LogP contribution in [0.25, 0.3) is 0 Å². The number of rotatable bonds is 5. The molecule has 3 rings (SSSR count). The van der Waals surface area contributed by atoms with Gasteiger partial charge in [0.05, 0.1) is 0 Å². The molecule has 1 aliphatic carbocycles. The molecule has 0 amide bonds. The molecular formula is C20H25NO. The summed E-state index contributed by atoms with van der Waals surface area (Å²) in [6.07, 6.45) is 6.04. The average molecular weight is 295 g/mol. The second kappa shape index (κ2) is 7.46. The highest BCUT2D eigenvalue weighted by Crippen LogP contribution is 2.34. The van der Waals surface area contributed by atoms with Crippen molar-refractivity contribution in [1.29, 1.82) is 0 Å². The Balaban J connectivity index is 1.50. The van der Waals surface area contributed by atoms with Crippen LogP contribution in [0.2, 0.25) is 0 Å². The van der Waals surface area contributed by atoms with E-state index in [9.17, 15) is 5.11 Å². The van der Waals surface area contributed by atoms with Crippen LogP contribution >= 0.6 is 0 Å². The lowest BCUT2D eigenvalue weighted by atomic mass is 9.81. The first kappa shape index (κ1) is 15.1. The van der Waals surface area contributed by atoms with Gasteiger partial charge in [-0.2, -0.15) is 0 Å². The fraction of sp³-hybridized carbons (Fsp3) is 0.400. The Morgan fingerprint density at radius 3 is 2.68 bits per heavy atom. The number of nitrogens with one attached hydrogen (secondary N) is 1. The summed E-state index contributed by atoms with van der Waals surface area (Å²) >= 11 is 0. The monoisotopic (exact) mass is 295 g/mol. The summed E-state index contributed by atoms with van der Waals surface area (Å²) in [5.74, 6) is 0.965. The van der Waals surface area contributed by atoms with Crippen LogP contribution in [0.15, 0.2) is 54.6 Å². The first-order valence-electron chi connectivity index (χ1n) is 8.37. The highest BCUT2D eigenvalue weighted by molar-refractivity contribution is 5.30. The summed E-state index contributed by atoms with van der Waals surface area (Å²) in [5, 5.41) is 13.4. The van der Waals surface area contributed by atoms with Crippen LogP contribution in [0.4, 0.5) is 0 Å². The third-order valence-electron chi connectivity index (χ3n) is 4.71. The average Bonchev–Trinajstić information content (AvgIpc) is 2.56. The second-order valence-electron chi connectivity index (χ2n) is 6.35. The summed E-state index contributed by atoms with van der Waals surface area (Å²) < 4.78 is 0. The largest absolute Gasteiger partial charge is 0.508 e. The van der Waals surface area contributed by atoms with Crippen molar-refractivity contribution in [3.8, 4) is 5.75 Å². The number of aromatic hydroxyl groups is 1. The topological polar surface area (TPSA) is 32.3 Å². The van der Waals surface area contributed by atoms with E-state index in [-0.39, 0.29) is 0 Å². The molecule has 116 valence electrons. The van der Waals surface area contributed by atoms with E-state index in [0.717, 1.165) is 13.0 Å². The molecule has 0 aliphatic heterocycles. The van der Waals surface area contributed by atoms with Crippen molar-refractivity contribution in [3.63, 3.8) is 0 Å². The summed E-state index contributed by atoms with van der Waals surface area (Å²) in [4.78, 5) is 0. The highest BCUT2D eigenvalue weighted by Gasteiger charge is 2.22. The third-order valence-corrected chi connectivity index (χ3v) is 4.71. The van der Waals surface area contributed by atoms with Gasteiger partial charge < -0.3 is 10.4 Å². The molecule has 0 heterocycles. The lowest BCUT2D eigenvalue weighted by Crippen LogP contribution is -2.34. The van der Waals surface area contributed by atoms with Crippen LogP contribution in [-0.4, -0.2) is 17.7 Å². The SMILES string of the molecule is Oc1cccc(C2CCCC(NCCc3ccccc3)C2)c1. The molecule has 2 aromatic rings. The van der Waals surface area contributed by atoms with E-state index < -0.39 is 0 Å². The van der Waals surface area contributed by atoms with Crippen molar-refractivity contribution in [1.82, 2.24) is 5.32 Å². The Bertz CT molecular complexity index is 581. The zero-order valence-electron chi connectivity index (χ0n) is 13.0. The number of benzene rings is 2. The van der Waals surface area contributed by atoms with Gasteiger partial charge in [0.2, 0.25) is 0 Å². The smallest absolute Gasteiger partial charge is 0.115 e. The molecule has 2 atom stereocenters. The summed E-state index contributed by atoms with van der Waals surface area (Å²) in [6, 6.07) is 19.0. The van der Waals surface area contributed by atoms with Crippen LogP contribution in [-0.2, 0) is 6.42 Å². The van der Waals surface area contributed by atoms with E-state index in [4.69, 9.17) is 0 Å². The molecule has 0 aromatic heterocycles. The molecule has 2 aromatic carbocycles. The Labute approximate surface area is 133 Å². The molecule has 0 radical (unpaired) electrons. The maximum atomic E-state index is 9.66. The Kier molecular flexibility index (Phi) is 5.12. The quantitative estimate of drug-likeness (QED) is 0.864. The van der Waals surface area contributed by atoms with Crippen molar-refractivity contribution in [2.75, 3.05) is 6.54 Å². The molecule has 1 fully saturated rings. The molecule has 2 heteroatoms. The maximum Gasteiger partial charge on any atom is 0.115 e. The van der Waals surface area contributed by atoms with Crippen LogP contribution in [0.5, 0.6) is 5.75 Å². The molecule has 2 N–H and O–H groups in total. The number of hydrogen-bond acceptors (Lipinski definition) is 2. The van der Waals surface area contributed by atoms with Crippen LogP contribution in [0.1, 0.15) is 42.7 Å². The van der Waals surface area contributed by atoms with Crippen LogP contribution < -0.4 is 5.32 Å². The summed E-state index contributed by atoms with van der Waals surface area (Å²) in [5.41, 5.74) is 2.69. The van der Waals surface area contributed by atoms with Gasteiger partial charge in [-0.05, 0) is 61.4 Å². The summed E-state index contributed by atoms with van der Waals surface area (Å²) in [6.45, 7) is 1.04. The van der Waals surface area contributed by atoms with Crippen molar-refractivity contribution in [3.05, 3.63) is 65.7 Å². The van der Waals surface area contributed by atoms with Gasteiger partial charge in [0, 0.05) is 6.04 Å². The first-order valence-corrected chi connectivity index (χ1v) is 8.37. The van der Waals surface area contributed by atoms with E-state index in [0.29, 0.717) is 17.7 Å². The predicted molar refractivity (Wildman–Crippen MR) is 91.3 cm³/mol. The van der Waals surface area contributed by atoms with E-state index in [1.54, 1.807) is 6.07 Å². The lowest BCUT2D eigenvalue weighted by molar-refractivity contribution is 0.340. The number of phenolic OH excluding ortho intramolecular Hbond substituents is 1. The second-order valence-corrected chi connectivity index (χ2v) is 6.35. The van der Waals surface area contributed by atoms with Gasteiger partial charge in [0.15, 0.2) is 0 Å². The van der Waals surface area contributed by atoms with Gasteiger partial charge in [0.1, 0.15) is 5.75 Å². The van der Waals surface area contributed by atoms with Gasteiger partial charge in [-0.25, -0.2) is 0 Å². The predicted octanol–water partition coefficient (Wildman–Crippen LogP) is 4.25. The standard InChI is InChI=1S/C20H25NO/c22-20-11-5-9-18(15-20)17-8-4-10-19(14-17)21-13-12-16-6-2-1-3-7-16/h1-3,5-7,9,11,15,17,19,21-22H,4,8,10,12-14H2. The van der Waals surface area contributed by atoms with E-state index in [1.807, 2.05) is 12.1 Å². The zero-order valence-corrected chi connectivity index (χ0v) is 13.0. The maximum absolute atomic E-state index is 9.66. The van der Waals surface area contributed by atoms with Gasteiger partial charge in [-0.3, -0.25) is 0 Å². The van der Waals surface area contributed by atoms with Crippen molar-refractivity contribution in [2.24, 2.45) is 0 Å². The molecule has 0 saturated heterocycles. The molecule has 1 saturated carbocycles. The Morgan fingerprint density at radius 2 is 1.86 bits per heavy atom. The minimum Gasteiger partial charge on any atom is -0.508 e. The van der Waals surface area contributed by atoms with Gasteiger partial charge >= 0.3 is 0 Å². The van der Waals surface area contributed by atoms with Gasteiger partial charge in [-0.15, -0.1) is 0 Å². The van der Waals surface area contributed by atoms with Crippen molar-refractivity contribution in [2.45, 2.75) is 44.1 Å². The summed E-state index contributed by atoms with van der Waals surface area (Å²) in [7, 11) is 0. The highest BCUT2D eigenvalue weighted by atomic mass is 16.3. The first-order chi connectivity index (χ1) is 10.8. The Morgan fingerprint density at radius 1 is 1.00 bits per heavy atom. The normalized spacial score (nSPS) is 21.6. The molecular weight excluding hydrogens is 270 g/mol. The molecule has 1 aliphatic rings. The molecule has 2 unspecified atom stereocenters.